The van der Waals surface area contributed by atoms with Crippen molar-refractivity contribution in [2.45, 2.75) is 38.9 Å². The molecule has 5 heteroatoms. The zero-order valence-corrected chi connectivity index (χ0v) is 10.8. The van der Waals surface area contributed by atoms with Crippen LogP contribution in [0, 0.1) is 0 Å². The molecule has 0 saturated carbocycles. The molecule has 17 heavy (non-hydrogen) atoms. The van der Waals surface area contributed by atoms with E-state index in [0.717, 1.165) is 31.9 Å². The van der Waals surface area contributed by atoms with Gasteiger partial charge in [-0.05, 0) is 6.42 Å². The maximum Gasteiger partial charge on any atom is 0.297 e. The second-order valence-corrected chi connectivity index (χ2v) is 4.79. The van der Waals surface area contributed by atoms with Crippen molar-refractivity contribution < 1.29 is 9.15 Å². The summed E-state index contributed by atoms with van der Waals surface area (Å²) >= 11 is 0. The first-order valence-electron chi connectivity index (χ1n) is 6.15. The summed E-state index contributed by atoms with van der Waals surface area (Å²) in [5.74, 6) is 0. The highest BCUT2D eigenvalue weighted by molar-refractivity contribution is 5.27. The Labute approximate surface area is 102 Å². The van der Waals surface area contributed by atoms with Crippen LogP contribution in [0.15, 0.2) is 10.7 Å². The number of anilines is 1. The van der Waals surface area contributed by atoms with Crippen LogP contribution in [-0.2, 0) is 11.3 Å². The van der Waals surface area contributed by atoms with E-state index in [9.17, 15) is 0 Å². The summed E-state index contributed by atoms with van der Waals surface area (Å²) in [5, 5.41) is 3.32. The highest BCUT2D eigenvalue weighted by atomic mass is 16.5. The molecule has 0 bridgehead atoms. The van der Waals surface area contributed by atoms with Crippen molar-refractivity contribution in [1.29, 1.82) is 0 Å². The second kappa shape index (κ2) is 5.51. The van der Waals surface area contributed by atoms with E-state index in [1.807, 2.05) is 7.05 Å². The summed E-state index contributed by atoms with van der Waals surface area (Å²) in [6.07, 6.45) is 2.76. The molecular formula is C12H21N3O2. The maximum atomic E-state index is 5.49. The molecule has 1 aromatic rings. The molecule has 0 amide bonds. The van der Waals surface area contributed by atoms with E-state index < -0.39 is 0 Å². The van der Waals surface area contributed by atoms with Gasteiger partial charge in [0.25, 0.3) is 6.01 Å². The average molecular weight is 239 g/mol. The van der Waals surface area contributed by atoms with Crippen LogP contribution in [0.1, 0.15) is 26.0 Å². The molecule has 1 saturated heterocycles. The fourth-order valence-electron chi connectivity index (χ4n) is 1.83. The quantitative estimate of drug-likeness (QED) is 0.841. The molecule has 1 N–H and O–H groups in total. The molecule has 0 aromatic carbocycles. The van der Waals surface area contributed by atoms with Crippen molar-refractivity contribution in [1.82, 2.24) is 10.3 Å². The van der Waals surface area contributed by atoms with Gasteiger partial charge in [-0.3, -0.25) is 0 Å². The first-order valence-corrected chi connectivity index (χ1v) is 6.15. The molecule has 0 aliphatic carbocycles. The Hall–Kier alpha value is -1.07. The van der Waals surface area contributed by atoms with Gasteiger partial charge in [0.2, 0.25) is 0 Å². The number of nitrogens with zero attached hydrogens (tertiary/aromatic N) is 2. The fraction of sp³-hybridized carbons (Fsp3) is 0.750. The van der Waals surface area contributed by atoms with Crippen molar-refractivity contribution in [3.05, 3.63) is 12.0 Å². The van der Waals surface area contributed by atoms with E-state index in [0.29, 0.717) is 18.1 Å². The summed E-state index contributed by atoms with van der Waals surface area (Å²) in [6.45, 7) is 6.57. The molecule has 2 heterocycles. The van der Waals surface area contributed by atoms with Gasteiger partial charge >= 0.3 is 0 Å². The van der Waals surface area contributed by atoms with Crippen LogP contribution >= 0.6 is 0 Å². The van der Waals surface area contributed by atoms with Crippen LogP contribution in [0.5, 0.6) is 0 Å². The molecule has 2 rings (SSSR count). The SMILES string of the molecule is CC(C)NCc1coc(N(C)C2CCOC2)n1. The Kier molecular flexibility index (Phi) is 4.02. The Morgan fingerprint density at radius 2 is 2.41 bits per heavy atom. The van der Waals surface area contributed by atoms with E-state index in [1.165, 1.54) is 0 Å². The topological polar surface area (TPSA) is 50.5 Å². The zero-order chi connectivity index (χ0) is 12.3. The van der Waals surface area contributed by atoms with Crippen molar-refractivity contribution in [2.24, 2.45) is 0 Å². The first kappa shape index (κ1) is 12.4. The zero-order valence-electron chi connectivity index (χ0n) is 10.8. The van der Waals surface area contributed by atoms with Gasteiger partial charge in [0, 0.05) is 26.2 Å². The summed E-state index contributed by atoms with van der Waals surface area (Å²) in [7, 11) is 2.00. The van der Waals surface area contributed by atoms with E-state index in [1.54, 1.807) is 6.26 Å². The Balaban J connectivity index is 1.92. The summed E-state index contributed by atoms with van der Waals surface area (Å²) in [5.41, 5.74) is 0.944. The largest absolute Gasteiger partial charge is 0.432 e. The minimum absolute atomic E-state index is 0.388. The average Bonchev–Trinajstić information content (AvgIpc) is 2.97. The van der Waals surface area contributed by atoms with Gasteiger partial charge in [0.05, 0.1) is 18.3 Å². The Morgan fingerprint density at radius 1 is 1.59 bits per heavy atom. The molecule has 5 nitrogen and oxygen atoms in total. The number of aromatic nitrogens is 1. The highest BCUT2D eigenvalue weighted by Crippen LogP contribution is 2.19. The third-order valence-corrected chi connectivity index (χ3v) is 2.99. The van der Waals surface area contributed by atoms with E-state index >= 15 is 0 Å². The van der Waals surface area contributed by atoms with Crippen molar-refractivity contribution in [3.8, 4) is 0 Å². The predicted molar refractivity (Wildman–Crippen MR) is 66.1 cm³/mol. The van der Waals surface area contributed by atoms with Gasteiger partial charge in [-0.15, -0.1) is 0 Å². The molecule has 1 aromatic heterocycles. The standard InChI is InChI=1S/C12H21N3O2/c1-9(2)13-6-10-7-17-12(14-10)15(3)11-4-5-16-8-11/h7,9,11,13H,4-6,8H2,1-3H3. The maximum absolute atomic E-state index is 5.49. The number of rotatable bonds is 5. The van der Waals surface area contributed by atoms with Gasteiger partial charge in [-0.1, -0.05) is 13.8 Å². The monoisotopic (exact) mass is 239 g/mol. The highest BCUT2D eigenvalue weighted by Gasteiger charge is 2.23. The molecular weight excluding hydrogens is 218 g/mol. The lowest BCUT2D eigenvalue weighted by atomic mass is 10.2. The summed E-state index contributed by atoms with van der Waals surface area (Å²) in [6, 6.07) is 1.52. The van der Waals surface area contributed by atoms with Crippen LogP contribution in [0.25, 0.3) is 0 Å². The van der Waals surface area contributed by atoms with Crippen LogP contribution < -0.4 is 10.2 Å². The molecule has 1 aliphatic rings. The molecule has 1 atom stereocenters. The smallest absolute Gasteiger partial charge is 0.297 e. The summed E-state index contributed by atoms with van der Waals surface area (Å²) in [4.78, 5) is 6.53. The van der Waals surface area contributed by atoms with E-state index in [4.69, 9.17) is 9.15 Å². The number of likely N-dealkylation sites (N-methyl/N-ethyl adjacent to an activating group) is 1. The van der Waals surface area contributed by atoms with E-state index in [-0.39, 0.29) is 0 Å². The van der Waals surface area contributed by atoms with E-state index in [2.05, 4.69) is 29.0 Å². The third kappa shape index (κ3) is 3.20. The van der Waals surface area contributed by atoms with Crippen molar-refractivity contribution in [3.63, 3.8) is 0 Å². The van der Waals surface area contributed by atoms with Crippen molar-refractivity contribution >= 4 is 6.01 Å². The lowest BCUT2D eigenvalue weighted by Crippen LogP contribution is -2.32. The Bertz CT molecular complexity index is 345. The molecule has 96 valence electrons. The van der Waals surface area contributed by atoms with Crippen LogP contribution in [-0.4, -0.2) is 37.3 Å². The molecule has 0 spiro atoms. The van der Waals surface area contributed by atoms with Gasteiger partial charge in [-0.25, -0.2) is 0 Å². The van der Waals surface area contributed by atoms with Gasteiger partial charge < -0.3 is 19.4 Å². The lowest BCUT2D eigenvalue weighted by Gasteiger charge is -2.20. The van der Waals surface area contributed by atoms with Gasteiger partial charge in [-0.2, -0.15) is 4.98 Å². The van der Waals surface area contributed by atoms with Gasteiger partial charge in [0.15, 0.2) is 0 Å². The van der Waals surface area contributed by atoms with Gasteiger partial charge in [0.1, 0.15) is 6.26 Å². The molecule has 0 radical (unpaired) electrons. The number of ether oxygens (including phenoxy) is 1. The second-order valence-electron chi connectivity index (χ2n) is 4.79. The lowest BCUT2D eigenvalue weighted by molar-refractivity contribution is 0.193. The minimum atomic E-state index is 0.388. The number of nitrogens with one attached hydrogen (secondary N) is 1. The third-order valence-electron chi connectivity index (χ3n) is 2.99. The molecule has 1 fully saturated rings. The summed E-state index contributed by atoms with van der Waals surface area (Å²) < 4.78 is 10.9. The number of oxazole rings is 1. The molecule has 1 aliphatic heterocycles. The fourth-order valence-corrected chi connectivity index (χ4v) is 1.83. The minimum Gasteiger partial charge on any atom is -0.432 e. The normalized spacial score (nSPS) is 20.1. The van der Waals surface area contributed by atoms with Crippen LogP contribution in [0.3, 0.4) is 0 Å². The predicted octanol–water partition coefficient (Wildman–Crippen LogP) is 1.40. The Morgan fingerprint density at radius 3 is 3.06 bits per heavy atom. The van der Waals surface area contributed by atoms with Crippen LogP contribution in [0.2, 0.25) is 0 Å². The first-order chi connectivity index (χ1) is 8.16. The number of hydrogen-bond donors (Lipinski definition) is 1. The van der Waals surface area contributed by atoms with Crippen LogP contribution in [0.4, 0.5) is 6.01 Å². The molecule has 1 unspecified atom stereocenters. The van der Waals surface area contributed by atoms with Crippen molar-refractivity contribution in [2.75, 3.05) is 25.2 Å². The number of hydrogen-bond acceptors (Lipinski definition) is 5.